The number of nitrogens with two attached hydrogens (primary N) is 1. The Kier molecular flexibility index (Phi) is 3.83. The van der Waals surface area contributed by atoms with E-state index in [1.807, 2.05) is 0 Å². The lowest BCUT2D eigenvalue weighted by Gasteiger charge is -2.10. The average molecular weight is 315 g/mol. The lowest BCUT2D eigenvalue weighted by Crippen LogP contribution is -2.06. The van der Waals surface area contributed by atoms with Crippen molar-refractivity contribution in [1.29, 1.82) is 0 Å². The summed E-state index contributed by atoms with van der Waals surface area (Å²) < 4.78 is 13.8. The quantitative estimate of drug-likeness (QED) is 0.884. The molecule has 0 saturated heterocycles. The van der Waals surface area contributed by atoms with Crippen LogP contribution in [0.4, 0.5) is 10.1 Å². The van der Waals surface area contributed by atoms with Gasteiger partial charge in [0.1, 0.15) is 5.82 Å². The summed E-state index contributed by atoms with van der Waals surface area (Å²) in [6.45, 7) is 1.52. The van der Waals surface area contributed by atoms with Gasteiger partial charge in [-0.3, -0.25) is 0 Å². The summed E-state index contributed by atoms with van der Waals surface area (Å²) in [5, 5.41) is 8.87. The van der Waals surface area contributed by atoms with Gasteiger partial charge in [-0.25, -0.2) is 14.2 Å². The Hall–Kier alpha value is -1.85. The number of aromatic carboxylic acids is 1. The molecule has 0 bridgehead atoms. The van der Waals surface area contributed by atoms with E-state index in [2.05, 4.69) is 4.98 Å². The Morgan fingerprint density at radius 3 is 2.65 bits per heavy atom. The van der Waals surface area contributed by atoms with Crippen molar-refractivity contribution in [3.8, 4) is 11.3 Å². The van der Waals surface area contributed by atoms with E-state index in [4.69, 9.17) is 34.0 Å². The van der Waals surface area contributed by atoms with Gasteiger partial charge in [-0.2, -0.15) is 0 Å². The molecule has 0 unspecified atom stereocenters. The monoisotopic (exact) mass is 314 g/mol. The van der Waals surface area contributed by atoms with Crippen molar-refractivity contribution in [2.45, 2.75) is 6.92 Å². The summed E-state index contributed by atoms with van der Waals surface area (Å²) in [6, 6.07) is 4.30. The minimum atomic E-state index is -1.31. The summed E-state index contributed by atoms with van der Waals surface area (Å²) in [6.07, 6.45) is 0. The van der Waals surface area contributed by atoms with Gasteiger partial charge in [-0.15, -0.1) is 0 Å². The number of carboxylic acid groups (broad SMARTS) is 1. The number of anilines is 1. The third kappa shape index (κ3) is 2.42. The van der Waals surface area contributed by atoms with Crippen LogP contribution in [0.2, 0.25) is 10.0 Å². The normalized spacial score (nSPS) is 10.6. The molecule has 0 fully saturated rings. The maximum atomic E-state index is 13.8. The summed E-state index contributed by atoms with van der Waals surface area (Å²) in [5.74, 6) is -1.90. The van der Waals surface area contributed by atoms with Crippen molar-refractivity contribution in [2.24, 2.45) is 0 Å². The Balaban J connectivity index is 2.71. The van der Waals surface area contributed by atoms with Gasteiger partial charge in [0.2, 0.25) is 0 Å². The first kappa shape index (κ1) is 14.6. The van der Waals surface area contributed by atoms with Crippen LogP contribution < -0.4 is 5.73 Å². The van der Waals surface area contributed by atoms with Crippen LogP contribution in [0.25, 0.3) is 11.3 Å². The highest BCUT2D eigenvalue weighted by molar-refractivity contribution is 6.35. The molecule has 7 heteroatoms. The van der Waals surface area contributed by atoms with E-state index >= 15 is 0 Å². The molecule has 1 aromatic carbocycles. The number of benzene rings is 1. The zero-order valence-electron chi connectivity index (χ0n) is 10.2. The second kappa shape index (κ2) is 5.26. The SMILES string of the molecule is Cc1c(-c2cc(N)c(Cl)c(C(=O)O)n2)ccc(Cl)c1F. The van der Waals surface area contributed by atoms with Crippen molar-refractivity contribution in [2.75, 3.05) is 5.73 Å². The molecule has 2 rings (SSSR count). The predicted molar refractivity (Wildman–Crippen MR) is 75.8 cm³/mol. The van der Waals surface area contributed by atoms with E-state index in [1.54, 1.807) is 6.07 Å². The molecular formula is C13H9Cl2FN2O2. The number of rotatable bonds is 2. The van der Waals surface area contributed by atoms with Gasteiger partial charge in [-0.05, 0) is 24.6 Å². The van der Waals surface area contributed by atoms with Crippen LogP contribution in [-0.4, -0.2) is 16.1 Å². The van der Waals surface area contributed by atoms with E-state index < -0.39 is 11.8 Å². The van der Waals surface area contributed by atoms with Crippen molar-refractivity contribution in [3.63, 3.8) is 0 Å². The first-order valence-electron chi connectivity index (χ1n) is 5.47. The number of halogens is 3. The van der Waals surface area contributed by atoms with Crippen LogP contribution in [0.1, 0.15) is 16.1 Å². The second-order valence-corrected chi connectivity index (χ2v) is 4.88. The molecule has 1 aromatic heterocycles. The van der Waals surface area contributed by atoms with Gasteiger partial charge in [0.05, 0.1) is 21.4 Å². The first-order chi connectivity index (χ1) is 9.32. The lowest BCUT2D eigenvalue weighted by molar-refractivity contribution is 0.0691. The molecule has 0 saturated carbocycles. The van der Waals surface area contributed by atoms with Crippen LogP contribution in [-0.2, 0) is 0 Å². The van der Waals surface area contributed by atoms with Gasteiger partial charge >= 0.3 is 5.97 Å². The molecule has 0 radical (unpaired) electrons. The van der Waals surface area contributed by atoms with Crippen molar-refractivity contribution >= 4 is 34.9 Å². The largest absolute Gasteiger partial charge is 0.476 e. The number of carbonyl (C=O) groups is 1. The minimum Gasteiger partial charge on any atom is -0.476 e. The molecule has 104 valence electrons. The standard InChI is InChI=1S/C13H9Cl2FN2O2/c1-5-6(2-3-7(14)11(5)16)9-4-8(17)10(15)12(18-9)13(19)20/h2-4H,1H3,(H2,17,18)(H,19,20). The summed E-state index contributed by atoms with van der Waals surface area (Å²) in [4.78, 5) is 15.0. The van der Waals surface area contributed by atoms with Crippen molar-refractivity contribution in [3.05, 3.63) is 45.3 Å². The van der Waals surface area contributed by atoms with Crippen molar-refractivity contribution < 1.29 is 14.3 Å². The number of carboxylic acids is 1. The number of nitrogens with zero attached hydrogens (tertiary/aromatic N) is 1. The maximum absolute atomic E-state index is 13.8. The van der Waals surface area contributed by atoms with E-state index in [1.165, 1.54) is 19.1 Å². The summed E-state index contributed by atoms with van der Waals surface area (Å²) >= 11 is 11.5. The maximum Gasteiger partial charge on any atom is 0.356 e. The van der Waals surface area contributed by atoms with Gasteiger partial charge in [0.25, 0.3) is 0 Å². The van der Waals surface area contributed by atoms with E-state index in [0.717, 1.165) is 0 Å². The van der Waals surface area contributed by atoms with Crippen LogP contribution in [0.15, 0.2) is 18.2 Å². The van der Waals surface area contributed by atoms with Crippen LogP contribution in [0.5, 0.6) is 0 Å². The Labute approximate surface area is 124 Å². The van der Waals surface area contributed by atoms with E-state index in [9.17, 15) is 9.18 Å². The number of hydrogen-bond acceptors (Lipinski definition) is 3. The fraction of sp³-hybridized carbons (Fsp3) is 0.0769. The molecule has 0 spiro atoms. The fourth-order valence-electron chi connectivity index (χ4n) is 1.76. The molecule has 2 aromatic rings. The second-order valence-electron chi connectivity index (χ2n) is 4.10. The molecule has 0 aliphatic rings. The van der Waals surface area contributed by atoms with Gasteiger partial charge in [-0.1, -0.05) is 29.3 Å². The zero-order valence-corrected chi connectivity index (χ0v) is 11.8. The third-order valence-electron chi connectivity index (χ3n) is 2.80. The highest BCUT2D eigenvalue weighted by atomic mass is 35.5. The van der Waals surface area contributed by atoms with Crippen LogP contribution in [0.3, 0.4) is 0 Å². The molecule has 3 N–H and O–H groups in total. The van der Waals surface area contributed by atoms with Gasteiger partial charge in [0, 0.05) is 5.56 Å². The molecule has 0 amide bonds. The van der Waals surface area contributed by atoms with Gasteiger partial charge in [0.15, 0.2) is 5.69 Å². The molecule has 4 nitrogen and oxygen atoms in total. The van der Waals surface area contributed by atoms with Crippen molar-refractivity contribution in [1.82, 2.24) is 4.98 Å². The molecule has 0 aliphatic heterocycles. The highest BCUT2D eigenvalue weighted by Crippen LogP contribution is 2.32. The van der Waals surface area contributed by atoms with E-state index in [0.29, 0.717) is 5.56 Å². The lowest BCUT2D eigenvalue weighted by atomic mass is 10.0. The molecule has 0 aliphatic carbocycles. The Morgan fingerprint density at radius 1 is 1.40 bits per heavy atom. The zero-order chi connectivity index (χ0) is 15.0. The smallest absolute Gasteiger partial charge is 0.356 e. The number of aromatic nitrogens is 1. The summed E-state index contributed by atoms with van der Waals surface area (Å²) in [5.41, 5.74) is 6.21. The molecule has 0 atom stereocenters. The average Bonchev–Trinajstić information content (AvgIpc) is 2.39. The fourth-order valence-corrected chi connectivity index (χ4v) is 2.14. The number of nitrogen functional groups attached to an aromatic ring is 1. The minimum absolute atomic E-state index is 0.0216. The first-order valence-corrected chi connectivity index (χ1v) is 6.22. The van der Waals surface area contributed by atoms with Gasteiger partial charge < -0.3 is 10.8 Å². The topological polar surface area (TPSA) is 76.2 Å². The van der Waals surface area contributed by atoms with Crippen LogP contribution >= 0.6 is 23.2 Å². The number of hydrogen-bond donors (Lipinski definition) is 2. The summed E-state index contributed by atoms with van der Waals surface area (Å²) in [7, 11) is 0. The molecule has 20 heavy (non-hydrogen) atoms. The highest BCUT2D eigenvalue weighted by Gasteiger charge is 2.18. The Bertz CT molecular complexity index is 720. The number of pyridine rings is 1. The molecular weight excluding hydrogens is 306 g/mol. The predicted octanol–water partition coefficient (Wildman–Crippen LogP) is 3.78. The Morgan fingerprint density at radius 2 is 2.05 bits per heavy atom. The molecule has 1 heterocycles. The van der Waals surface area contributed by atoms with E-state index in [-0.39, 0.29) is 32.7 Å². The van der Waals surface area contributed by atoms with Crippen LogP contribution in [0, 0.1) is 12.7 Å². The third-order valence-corrected chi connectivity index (χ3v) is 3.49.